The van der Waals surface area contributed by atoms with Gasteiger partial charge < -0.3 is 15.0 Å². The first-order valence-corrected chi connectivity index (χ1v) is 7.40. The maximum atomic E-state index is 12.7. The van der Waals surface area contributed by atoms with Gasteiger partial charge in [0.15, 0.2) is 0 Å². The van der Waals surface area contributed by atoms with Crippen LogP contribution in [0.5, 0.6) is 0 Å². The van der Waals surface area contributed by atoms with Crippen LogP contribution in [-0.4, -0.2) is 55.9 Å². The third-order valence-corrected chi connectivity index (χ3v) is 5.05. The number of carbonyl (C=O) groups is 1. The minimum absolute atomic E-state index is 0.158. The number of nitrogens with zero attached hydrogens (tertiary/aromatic N) is 1. The van der Waals surface area contributed by atoms with Gasteiger partial charge in [0.2, 0.25) is 0 Å². The van der Waals surface area contributed by atoms with Crippen molar-refractivity contribution in [3.63, 3.8) is 0 Å². The van der Waals surface area contributed by atoms with Crippen molar-refractivity contribution in [3.05, 3.63) is 0 Å². The fourth-order valence-electron chi connectivity index (χ4n) is 3.63. The van der Waals surface area contributed by atoms with Gasteiger partial charge >= 0.3 is 12.1 Å². The fraction of sp³-hybridized carbons (Fsp3) is 0.929. The molecule has 2 aliphatic rings. The molecule has 0 amide bonds. The molecule has 1 aliphatic heterocycles. The van der Waals surface area contributed by atoms with E-state index < -0.39 is 17.6 Å². The van der Waals surface area contributed by atoms with Crippen molar-refractivity contribution in [2.24, 2.45) is 5.92 Å². The zero-order chi connectivity index (χ0) is 15.7. The highest BCUT2D eigenvalue weighted by atomic mass is 19.4. The summed E-state index contributed by atoms with van der Waals surface area (Å²) >= 11 is 0. The molecule has 1 aliphatic carbocycles. The molecule has 1 N–H and O–H groups in total. The van der Waals surface area contributed by atoms with Crippen molar-refractivity contribution in [2.75, 3.05) is 27.2 Å². The van der Waals surface area contributed by atoms with Gasteiger partial charge in [0.25, 0.3) is 0 Å². The molecule has 2 unspecified atom stereocenters. The number of likely N-dealkylation sites (tertiary alicyclic amines) is 1. The average molecular weight is 308 g/mol. The van der Waals surface area contributed by atoms with E-state index in [1.807, 2.05) is 0 Å². The van der Waals surface area contributed by atoms with E-state index in [1.54, 1.807) is 7.05 Å². The normalized spacial score (nSPS) is 32.3. The Kier molecular flexibility index (Phi) is 4.82. The summed E-state index contributed by atoms with van der Waals surface area (Å²) in [5, 5.41) is 3.05. The van der Waals surface area contributed by atoms with Gasteiger partial charge in [0.05, 0.1) is 13.0 Å². The van der Waals surface area contributed by atoms with Crippen LogP contribution in [0.25, 0.3) is 0 Å². The number of hydrogen-bond donors (Lipinski definition) is 1. The highest BCUT2D eigenvalue weighted by Crippen LogP contribution is 2.38. The van der Waals surface area contributed by atoms with E-state index in [2.05, 4.69) is 10.2 Å². The molecule has 1 saturated carbocycles. The van der Waals surface area contributed by atoms with E-state index in [0.717, 1.165) is 6.42 Å². The lowest BCUT2D eigenvalue weighted by molar-refractivity contribution is -0.186. The Labute approximate surface area is 123 Å². The molecule has 0 bridgehead atoms. The van der Waals surface area contributed by atoms with E-state index in [-0.39, 0.29) is 24.9 Å². The Morgan fingerprint density at radius 1 is 1.29 bits per heavy atom. The Morgan fingerprint density at radius 3 is 2.38 bits per heavy atom. The molecule has 2 rings (SSSR count). The molecule has 0 aromatic rings. The van der Waals surface area contributed by atoms with Gasteiger partial charge in [-0.1, -0.05) is 0 Å². The molecule has 21 heavy (non-hydrogen) atoms. The second-order valence-electron chi connectivity index (χ2n) is 6.07. The molecular weight excluding hydrogens is 285 g/mol. The number of esters is 1. The molecule has 2 fully saturated rings. The molecule has 0 aromatic carbocycles. The van der Waals surface area contributed by atoms with Gasteiger partial charge in [-0.2, -0.15) is 13.2 Å². The number of nitrogens with one attached hydrogen (secondary N) is 1. The number of hydrogen-bond acceptors (Lipinski definition) is 4. The van der Waals surface area contributed by atoms with E-state index >= 15 is 0 Å². The molecule has 122 valence electrons. The molecule has 0 radical (unpaired) electrons. The van der Waals surface area contributed by atoms with Crippen molar-refractivity contribution in [2.45, 2.75) is 49.9 Å². The molecule has 0 spiro atoms. The molecule has 2 atom stereocenters. The minimum atomic E-state index is -4.08. The van der Waals surface area contributed by atoms with Crippen molar-refractivity contribution in [1.29, 1.82) is 0 Å². The number of carbonyl (C=O) groups excluding carboxylic acids is 1. The minimum Gasteiger partial charge on any atom is -0.468 e. The Balaban J connectivity index is 1.93. The summed E-state index contributed by atoms with van der Waals surface area (Å²) in [4.78, 5) is 14.0. The lowest BCUT2D eigenvalue weighted by atomic mass is 9.94. The monoisotopic (exact) mass is 308 g/mol. The first-order chi connectivity index (χ1) is 9.82. The maximum Gasteiger partial charge on any atom is 0.391 e. The van der Waals surface area contributed by atoms with E-state index in [1.165, 1.54) is 7.11 Å². The topological polar surface area (TPSA) is 41.6 Å². The number of rotatable bonds is 3. The molecule has 7 heteroatoms. The number of methoxy groups -OCH3 is 1. The van der Waals surface area contributed by atoms with Crippen LogP contribution in [0, 0.1) is 5.92 Å². The van der Waals surface area contributed by atoms with Crippen LogP contribution in [-0.2, 0) is 9.53 Å². The Bertz CT molecular complexity index is 381. The van der Waals surface area contributed by atoms with Crippen LogP contribution in [0.15, 0.2) is 0 Å². The van der Waals surface area contributed by atoms with Gasteiger partial charge in [-0.25, -0.2) is 0 Å². The predicted octanol–water partition coefficient (Wildman–Crippen LogP) is 1.94. The highest BCUT2D eigenvalue weighted by Gasteiger charge is 2.48. The summed E-state index contributed by atoms with van der Waals surface area (Å²) in [6.07, 6.45) is -1.68. The van der Waals surface area contributed by atoms with Crippen molar-refractivity contribution in [1.82, 2.24) is 10.2 Å². The third-order valence-electron chi connectivity index (χ3n) is 5.05. The van der Waals surface area contributed by atoms with Gasteiger partial charge in [0.1, 0.15) is 5.54 Å². The SMILES string of the molecule is CNC1(C(=O)OC)CCC(N2CCC(C(F)(F)F)CC2)C1. The molecule has 4 nitrogen and oxygen atoms in total. The lowest BCUT2D eigenvalue weighted by Gasteiger charge is -2.37. The van der Waals surface area contributed by atoms with Crippen molar-refractivity contribution < 1.29 is 22.7 Å². The first-order valence-electron chi connectivity index (χ1n) is 7.40. The van der Waals surface area contributed by atoms with Gasteiger partial charge in [-0.05, 0) is 52.2 Å². The van der Waals surface area contributed by atoms with Crippen LogP contribution in [0.4, 0.5) is 13.2 Å². The quantitative estimate of drug-likeness (QED) is 0.809. The second-order valence-corrected chi connectivity index (χ2v) is 6.07. The third kappa shape index (κ3) is 3.34. The number of piperidine rings is 1. The van der Waals surface area contributed by atoms with Gasteiger partial charge in [-0.15, -0.1) is 0 Å². The maximum absolute atomic E-state index is 12.7. The highest BCUT2D eigenvalue weighted by molar-refractivity contribution is 5.81. The second kappa shape index (κ2) is 6.12. The van der Waals surface area contributed by atoms with E-state index in [4.69, 9.17) is 4.74 Å². The summed E-state index contributed by atoms with van der Waals surface area (Å²) in [6, 6.07) is 0.158. The van der Waals surface area contributed by atoms with Crippen molar-refractivity contribution >= 4 is 5.97 Å². The van der Waals surface area contributed by atoms with Crippen LogP contribution in [0.3, 0.4) is 0 Å². The standard InChI is InChI=1S/C14H23F3N2O2/c1-18-13(12(20)21-2)6-3-11(9-13)19-7-4-10(5-8-19)14(15,16)17/h10-11,18H,3-9H2,1-2H3. The summed E-state index contributed by atoms with van der Waals surface area (Å²) in [5.74, 6) is -1.46. The van der Waals surface area contributed by atoms with Crippen LogP contribution >= 0.6 is 0 Å². The van der Waals surface area contributed by atoms with Crippen LogP contribution in [0.2, 0.25) is 0 Å². The van der Waals surface area contributed by atoms with Crippen molar-refractivity contribution in [3.8, 4) is 0 Å². The van der Waals surface area contributed by atoms with Crippen LogP contribution in [0.1, 0.15) is 32.1 Å². The Morgan fingerprint density at radius 2 is 1.90 bits per heavy atom. The molecule has 1 heterocycles. The number of halogens is 3. The number of likely N-dealkylation sites (N-methyl/N-ethyl adjacent to an activating group) is 1. The summed E-state index contributed by atoms with van der Waals surface area (Å²) < 4.78 is 42.9. The Hall–Kier alpha value is -0.820. The fourth-order valence-corrected chi connectivity index (χ4v) is 3.63. The summed E-state index contributed by atoms with van der Waals surface area (Å²) in [5.41, 5.74) is -0.680. The van der Waals surface area contributed by atoms with Gasteiger partial charge in [-0.3, -0.25) is 4.79 Å². The zero-order valence-corrected chi connectivity index (χ0v) is 12.5. The first kappa shape index (κ1) is 16.5. The summed E-state index contributed by atoms with van der Waals surface area (Å²) in [7, 11) is 3.10. The zero-order valence-electron chi connectivity index (χ0n) is 12.5. The lowest BCUT2D eigenvalue weighted by Crippen LogP contribution is -2.51. The van der Waals surface area contributed by atoms with E-state index in [9.17, 15) is 18.0 Å². The van der Waals surface area contributed by atoms with E-state index in [0.29, 0.717) is 25.9 Å². The average Bonchev–Trinajstić information content (AvgIpc) is 2.91. The number of ether oxygens (including phenoxy) is 1. The largest absolute Gasteiger partial charge is 0.468 e. The molecular formula is C14H23F3N2O2. The molecule has 1 saturated heterocycles. The number of alkyl halides is 3. The van der Waals surface area contributed by atoms with Crippen LogP contribution < -0.4 is 5.32 Å². The van der Waals surface area contributed by atoms with Gasteiger partial charge in [0, 0.05) is 6.04 Å². The predicted molar refractivity (Wildman–Crippen MR) is 71.8 cm³/mol. The smallest absolute Gasteiger partial charge is 0.391 e. The summed E-state index contributed by atoms with van der Waals surface area (Å²) in [6.45, 7) is 0.908. The molecule has 0 aromatic heterocycles.